The Morgan fingerprint density at radius 1 is 1.40 bits per heavy atom. The summed E-state index contributed by atoms with van der Waals surface area (Å²) in [6.07, 6.45) is 3.29. The molecule has 1 unspecified atom stereocenters. The Morgan fingerprint density at radius 3 is 2.76 bits per heavy atom. The molecule has 5 nitrogen and oxygen atoms in total. The molecule has 1 fully saturated rings. The Hall–Kier alpha value is -1.38. The number of benzene rings is 1. The van der Waals surface area contributed by atoms with Gasteiger partial charge < -0.3 is 16.0 Å². The topological polar surface area (TPSA) is 70.7 Å². The van der Waals surface area contributed by atoms with Gasteiger partial charge in [0.05, 0.1) is 0 Å². The van der Waals surface area contributed by atoms with Crippen LogP contribution in [0.3, 0.4) is 0 Å². The average Bonchev–Trinajstić information content (AvgIpc) is 2.55. The van der Waals surface area contributed by atoms with Crippen molar-refractivity contribution >= 4 is 35.8 Å². The van der Waals surface area contributed by atoms with Crippen molar-refractivity contribution in [2.45, 2.75) is 32.6 Å². The van der Waals surface area contributed by atoms with E-state index in [0.29, 0.717) is 18.9 Å². The van der Waals surface area contributed by atoms with Crippen molar-refractivity contribution < 1.29 is 9.18 Å². The SMILES string of the molecule is CCNC(=NCCc1ccc(F)cc1)N1CCCC(CC(N)=O)C1.I. The van der Waals surface area contributed by atoms with Crippen LogP contribution in [0.4, 0.5) is 4.39 Å². The molecule has 140 valence electrons. The molecule has 1 aromatic carbocycles. The van der Waals surface area contributed by atoms with Crippen LogP contribution in [0, 0.1) is 11.7 Å². The molecule has 1 amide bonds. The molecule has 0 bridgehead atoms. The summed E-state index contributed by atoms with van der Waals surface area (Å²) in [7, 11) is 0. The van der Waals surface area contributed by atoms with E-state index in [1.807, 2.05) is 6.92 Å². The van der Waals surface area contributed by atoms with Gasteiger partial charge in [-0.25, -0.2) is 4.39 Å². The van der Waals surface area contributed by atoms with Crippen LogP contribution in [-0.2, 0) is 11.2 Å². The van der Waals surface area contributed by atoms with Crippen molar-refractivity contribution in [3.63, 3.8) is 0 Å². The third-order valence-electron chi connectivity index (χ3n) is 4.22. The molecule has 1 aliphatic rings. The normalized spacial score (nSPS) is 17.8. The lowest BCUT2D eigenvalue weighted by Crippen LogP contribution is -2.47. The predicted octanol–water partition coefficient (Wildman–Crippen LogP) is 2.54. The Labute approximate surface area is 166 Å². The number of carbonyl (C=O) groups is 1. The highest BCUT2D eigenvalue weighted by Gasteiger charge is 2.23. The van der Waals surface area contributed by atoms with Crippen LogP contribution in [-0.4, -0.2) is 42.9 Å². The Bertz CT molecular complexity index is 565. The van der Waals surface area contributed by atoms with Gasteiger partial charge in [-0.1, -0.05) is 12.1 Å². The summed E-state index contributed by atoms with van der Waals surface area (Å²) in [4.78, 5) is 18.1. The average molecular weight is 462 g/mol. The van der Waals surface area contributed by atoms with E-state index >= 15 is 0 Å². The molecular weight excluding hydrogens is 434 g/mol. The van der Waals surface area contributed by atoms with E-state index in [1.165, 1.54) is 12.1 Å². The molecule has 3 N–H and O–H groups in total. The maximum atomic E-state index is 12.9. The molecule has 25 heavy (non-hydrogen) atoms. The van der Waals surface area contributed by atoms with Gasteiger partial charge in [-0.3, -0.25) is 9.79 Å². The van der Waals surface area contributed by atoms with Gasteiger partial charge >= 0.3 is 0 Å². The largest absolute Gasteiger partial charge is 0.370 e. The van der Waals surface area contributed by atoms with Crippen LogP contribution >= 0.6 is 24.0 Å². The zero-order chi connectivity index (χ0) is 17.4. The van der Waals surface area contributed by atoms with Crippen molar-refractivity contribution in [3.8, 4) is 0 Å². The second kappa shape index (κ2) is 11.3. The number of rotatable bonds is 6. The number of guanidine groups is 1. The summed E-state index contributed by atoms with van der Waals surface area (Å²) in [5, 5.41) is 3.32. The van der Waals surface area contributed by atoms with E-state index in [9.17, 15) is 9.18 Å². The first kappa shape index (κ1) is 21.7. The molecule has 7 heteroatoms. The number of primary amides is 1. The van der Waals surface area contributed by atoms with Gasteiger partial charge in [-0.05, 0) is 49.8 Å². The first-order chi connectivity index (χ1) is 11.6. The molecule has 0 aromatic heterocycles. The fraction of sp³-hybridized carbons (Fsp3) is 0.556. The fourth-order valence-electron chi connectivity index (χ4n) is 3.08. The second-order valence-corrected chi connectivity index (χ2v) is 6.24. The highest BCUT2D eigenvalue weighted by Crippen LogP contribution is 2.19. The Balaban J connectivity index is 0.00000312. The lowest BCUT2D eigenvalue weighted by molar-refractivity contribution is -0.119. The standard InChI is InChI=1S/C18H27FN4O.HI/c1-2-21-18(22-10-9-14-5-7-16(19)8-6-14)23-11-3-4-15(13-23)12-17(20)24;/h5-8,15H,2-4,9-13H2,1H3,(H2,20,24)(H,21,22);1H. The van der Waals surface area contributed by atoms with E-state index in [-0.39, 0.29) is 35.7 Å². The highest BCUT2D eigenvalue weighted by molar-refractivity contribution is 14.0. The molecule has 0 spiro atoms. The lowest BCUT2D eigenvalue weighted by Gasteiger charge is -2.34. The van der Waals surface area contributed by atoms with Gasteiger partial charge in [0.1, 0.15) is 5.82 Å². The fourth-order valence-corrected chi connectivity index (χ4v) is 3.08. The van der Waals surface area contributed by atoms with Crippen molar-refractivity contribution in [2.24, 2.45) is 16.6 Å². The number of likely N-dealkylation sites (tertiary alicyclic amines) is 1. The van der Waals surface area contributed by atoms with Gasteiger partial charge in [-0.15, -0.1) is 24.0 Å². The Morgan fingerprint density at radius 2 is 2.12 bits per heavy atom. The van der Waals surface area contributed by atoms with Crippen LogP contribution in [0.2, 0.25) is 0 Å². The maximum Gasteiger partial charge on any atom is 0.217 e. The van der Waals surface area contributed by atoms with E-state index < -0.39 is 0 Å². The number of nitrogens with two attached hydrogens (primary N) is 1. The summed E-state index contributed by atoms with van der Waals surface area (Å²) in [6.45, 7) is 5.24. The molecule has 0 radical (unpaired) electrons. The Kier molecular flexibility index (Phi) is 9.77. The number of carbonyl (C=O) groups excluding carboxylic acids is 1. The van der Waals surface area contributed by atoms with Crippen molar-refractivity contribution in [1.82, 2.24) is 10.2 Å². The molecule has 1 heterocycles. The molecule has 2 rings (SSSR count). The van der Waals surface area contributed by atoms with E-state index in [2.05, 4.69) is 15.2 Å². The van der Waals surface area contributed by atoms with Crippen molar-refractivity contribution in [2.75, 3.05) is 26.2 Å². The number of amides is 1. The van der Waals surface area contributed by atoms with Gasteiger partial charge in [0.2, 0.25) is 5.91 Å². The number of nitrogens with one attached hydrogen (secondary N) is 1. The minimum absolute atomic E-state index is 0. The minimum atomic E-state index is -0.236. The van der Waals surface area contributed by atoms with Crippen LogP contribution in [0.5, 0.6) is 0 Å². The van der Waals surface area contributed by atoms with Crippen LogP contribution in [0.25, 0.3) is 0 Å². The molecule has 1 saturated heterocycles. The molecule has 1 atom stereocenters. The number of aliphatic imine (C=N–C) groups is 1. The van der Waals surface area contributed by atoms with Gasteiger partial charge in [0.15, 0.2) is 5.96 Å². The number of hydrogen-bond donors (Lipinski definition) is 2. The molecule has 1 aromatic rings. The van der Waals surface area contributed by atoms with Crippen molar-refractivity contribution in [1.29, 1.82) is 0 Å². The quantitative estimate of drug-likeness (QED) is 0.388. The van der Waals surface area contributed by atoms with E-state index in [4.69, 9.17) is 5.73 Å². The monoisotopic (exact) mass is 462 g/mol. The lowest BCUT2D eigenvalue weighted by atomic mass is 9.95. The van der Waals surface area contributed by atoms with E-state index in [1.54, 1.807) is 12.1 Å². The van der Waals surface area contributed by atoms with Gasteiger partial charge in [-0.2, -0.15) is 0 Å². The summed E-state index contributed by atoms with van der Waals surface area (Å²) in [5.41, 5.74) is 6.40. The number of hydrogen-bond acceptors (Lipinski definition) is 2. The van der Waals surface area contributed by atoms with Crippen LogP contribution < -0.4 is 11.1 Å². The smallest absolute Gasteiger partial charge is 0.217 e. The summed E-state index contributed by atoms with van der Waals surface area (Å²) in [6, 6.07) is 6.54. The van der Waals surface area contributed by atoms with Gasteiger partial charge in [0.25, 0.3) is 0 Å². The van der Waals surface area contributed by atoms with Crippen LogP contribution in [0.15, 0.2) is 29.3 Å². The summed E-state index contributed by atoms with van der Waals surface area (Å²) < 4.78 is 12.9. The third-order valence-corrected chi connectivity index (χ3v) is 4.22. The highest BCUT2D eigenvalue weighted by atomic mass is 127. The third kappa shape index (κ3) is 7.58. The number of nitrogens with zero attached hydrogens (tertiary/aromatic N) is 2. The summed E-state index contributed by atoms with van der Waals surface area (Å²) in [5.74, 6) is 0.732. The molecule has 1 aliphatic heterocycles. The predicted molar refractivity (Wildman–Crippen MR) is 110 cm³/mol. The van der Waals surface area contributed by atoms with Crippen molar-refractivity contribution in [3.05, 3.63) is 35.6 Å². The van der Waals surface area contributed by atoms with E-state index in [0.717, 1.165) is 50.4 Å². The maximum absolute atomic E-state index is 12.9. The zero-order valence-electron chi connectivity index (χ0n) is 14.7. The van der Waals surface area contributed by atoms with Crippen LogP contribution in [0.1, 0.15) is 31.7 Å². The summed E-state index contributed by atoms with van der Waals surface area (Å²) >= 11 is 0. The molecule has 0 aliphatic carbocycles. The zero-order valence-corrected chi connectivity index (χ0v) is 17.0. The number of piperidine rings is 1. The van der Waals surface area contributed by atoms with Gasteiger partial charge in [0, 0.05) is 32.6 Å². The first-order valence-corrected chi connectivity index (χ1v) is 8.64. The second-order valence-electron chi connectivity index (χ2n) is 6.24. The molecule has 0 saturated carbocycles. The first-order valence-electron chi connectivity index (χ1n) is 8.64. The molecular formula is C18H28FIN4O. The number of halogens is 2. The minimum Gasteiger partial charge on any atom is -0.370 e.